The Bertz CT molecular complexity index is 529. The maximum absolute atomic E-state index is 13.7. The molecule has 1 atom stereocenters. The van der Waals surface area contributed by atoms with Crippen molar-refractivity contribution in [2.24, 2.45) is 0 Å². The second-order valence-corrected chi connectivity index (χ2v) is 6.32. The van der Waals surface area contributed by atoms with Crippen LogP contribution in [0.3, 0.4) is 0 Å². The summed E-state index contributed by atoms with van der Waals surface area (Å²) in [7, 11) is 0. The van der Waals surface area contributed by atoms with E-state index in [0.717, 1.165) is 0 Å². The van der Waals surface area contributed by atoms with Crippen LogP contribution in [0.25, 0.3) is 0 Å². The number of hydrogen-bond donors (Lipinski definition) is 1. The zero-order valence-corrected chi connectivity index (χ0v) is 13.6. The third-order valence-corrected chi connectivity index (χ3v) is 3.41. The van der Waals surface area contributed by atoms with Gasteiger partial charge >= 0.3 is 12.3 Å². The number of rotatable bonds is 2. The molecule has 1 N–H and O–H groups in total. The summed E-state index contributed by atoms with van der Waals surface area (Å²) in [5, 5.41) is 2.14. The van der Waals surface area contributed by atoms with E-state index in [9.17, 15) is 22.8 Å². The summed E-state index contributed by atoms with van der Waals surface area (Å²) in [6.45, 7) is 5.31. The van der Waals surface area contributed by atoms with E-state index in [1.165, 1.54) is 6.92 Å². The lowest BCUT2D eigenvalue weighted by molar-refractivity contribution is -0.217. The molecule has 1 fully saturated rings. The molecule has 0 saturated carbocycles. The summed E-state index contributed by atoms with van der Waals surface area (Å²) in [5.74, 6) is 3.62. The molecular formula is C15H21F3N2O3. The van der Waals surface area contributed by atoms with Crippen LogP contribution in [0.1, 0.15) is 40.5 Å². The second-order valence-electron chi connectivity index (χ2n) is 6.32. The highest BCUT2D eigenvalue weighted by molar-refractivity contribution is 5.93. The molecule has 1 heterocycles. The molecule has 0 aromatic carbocycles. The van der Waals surface area contributed by atoms with E-state index in [2.05, 4.69) is 17.2 Å². The summed E-state index contributed by atoms with van der Waals surface area (Å²) in [4.78, 5) is 24.2. The van der Waals surface area contributed by atoms with E-state index in [1.54, 1.807) is 20.8 Å². The van der Waals surface area contributed by atoms with Crippen LogP contribution < -0.4 is 5.32 Å². The highest BCUT2D eigenvalue weighted by Crippen LogP contribution is 2.43. The predicted molar refractivity (Wildman–Crippen MR) is 77.4 cm³/mol. The maximum atomic E-state index is 13.7. The lowest BCUT2D eigenvalue weighted by Crippen LogP contribution is -2.63. The van der Waals surface area contributed by atoms with Gasteiger partial charge in [0.2, 0.25) is 0 Å². The average Bonchev–Trinajstić information content (AvgIpc) is 2.79. The molecule has 2 amide bonds. The number of amides is 2. The van der Waals surface area contributed by atoms with E-state index in [1.807, 2.05) is 0 Å². The number of carbonyl (C=O) groups is 2. The Morgan fingerprint density at radius 3 is 2.39 bits per heavy atom. The molecule has 5 nitrogen and oxygen atoms in total. The van der Waals surface area contributed by atoms with Crippen LogP contribution in [0.4, 0.5) is 18.0 Å². The average molecular weight is 334 g/mol. The van der Waals surface area contributed by atoms with Gasteiger partial charge in [-0.25, -0.2) is 4.79 Å². The van der Waals surface area contributed by atoms with Crippen molar-refractivity contribution in [3.05, 3.63) is 0 Å². The number of ether oxygens (including phenoxy) is 1. The molecule has 0 radical (unpaired) electrons. The molecule has 1 unspecified atom stereocenters. The fourth-order valence-electron chi connectivity index (χ4n) is 2.42. The highest BCUT2D eigenvalue weighted by atomic mass is 19.4. The number of likely N-dealkylation sites (tertiary alicyclic amines) is 1. The van der Waals surface area contributed by atoms with Crippen LogP contribution in [-0.2, 0) is 9.53 Å². The number of alkyl halides is 3. The number of nitrogens with zero attached hydrogens (tertiary/aromatic N) is 1. The van der Waals surface area contributed by atoms with Crippen LogP contribution >= 0.6 is 0 Å². The Kier molecular flexibility index (Phi) is 5.56. The number of halogens is 3. The monoisotopic (exact) mass is 334 g/mol. The van der Waals surface area contributed by atoms with Crippen molar-refractivity contribution in [2.45, 2.75) is 57.9 Å². The molecule has 0 aromatic rings. The molecule has 1 rings (SSSR count). The van der Waals surface area contributed by atoms with Crippen molar-refractivity contribution in [1.82, 2.24) is 10.2 Å². The van der Waals surface area contributed by atoms with Crippen LogP contribution in [0.15, 0.2) is 0 Å². The standard InChI is InChI=1S/C15H21F3N2O3/c1-5-7-11(21)19-10-14(15(16,17)18)8-6-9-20(14)12(22)23-13(2,3)4/h6,8-10H2,1-4H3,(H,19,21). The largest absolute Gasteiger partial charge is 0.444 e. The summed E-state index contributed by atoms with van der Waals surface area (Å²) in [6.07, 6.45) is -5.86. The van der Waals surface area contributed by atoms with Gasteiger partial charge in [0.05, 0.1) is 6.54 Å². The summed E-state index contributed by atoms with van der Waals surface area (Å²) < 4.78 is 46.0. The van der Waals surface area contributed by atoms with E-state index in [-0.39, 0.29) is 19.4 Å². The van der Waals surface area contributed by atoms with Gasteiger partial charge in [-0.05, 0) is 46.5 Å². The third kappa shape index (κ3) is 4.53. The number of hydrogen-bond acceptors (Lipinski definition) is 3. The molecule has 23 heavy (non-hydrogen) atoms. The highest BCUT2D eigenvalue weighted by Gasteiger charge is 2.62. The van der Waals surface area contributed by atoms with Gasteiger partial charge in [-0.15, -0.1) is 0 Å². The Labute approximate surface area is 133 Å². The van der Waals surface area contributed by atoms with Crippen molar-refractivity contribution < 1.29 is 27.5 Å². The fraction of sp³-hybridized carbons (Fsp3) is 0.733. The molecule has 130 valence electrons. The van der Waals surface area contributed by atoms with E-state index >= 15 is 0 Å². The molecule has 0 aliphatic carbocycles. The first kappa shape index (κ1) is 19.1. The van der Waals surface area contributed by atoms with Gasteiger partial charge in [-0.2, -0.15) is 13.2 Å². The zero-order valence-electron chi connectivity index (χ0n) is 13.6. The molecular weight excluding hydrogens is 313 g/mol. The van der Waals surface area contributed by atoms with Crippen LogP contribution in [0.2, 0.25) is 0 Å². The predicted octanol–water partition coefficient (Wildman–Crippen LogP) is 2.46. The quantitative estimate of drug-likeness (QED) is 0.789. The fourth-order valence-corrected chi connectivity index (χ4v) is 2.42. The minimum absolute atomic E-state index is 0.0796. The smallest absolute Gasteiger partial charge is 0.413 e. The second kappa shape index (κ2) is 6.69. The Hall–Kier alpha value is -1.91. The third-order valence-electron chi connectivity index (χ3n) is 3.41. The van der Waals surface area contributed by atoms with Gasteiger partial charge in [0.1, 0.15) is 5.60 Å². The molecule has 8 heteroatoms. The molecule has 1 aliphatic rings. The first-order valence-electron chi connectivity index (χ1n) is 7.21. The first-order chi connectivity index (χ1) is 10.4. The number of carbonyl (C=O) groups excluding carboxylic acids is 2. The van der Waals surface area contributed by atoms with Crippen molar-refractivity contribution in [2.75, 3.05) is 13.1 Å². The van der Waals surface area contributed by atoms with E-state index in [4.69, 9.17) is 4.74 Å². The Morgan fingerprint density at radius 2 is 1.91 bits per heavy atom. The molecule has 0 spiro atoms. The van der Waals surface area contributed by atoms with Crippen LogP contribution in [0, 0.1) is 11.8 Å². The first-order valence-corrected chi connectivity index (χ1v) is 7.21. The zero-order chi connectivity index (χ0) is 17.9. The minimum atomic E-state index is -4.70. The summed E-state index contributed by atoms with van der Waals surface area (Å²) in [6, 6.07) is 0. The van der Waals surface area contributed by atoms with Crippen molar-refractivity contribution in [3.8, 4) is 11.8 Å². The normalized spacial score (nSPS) is 21.4. The van der Waals surface area contributed by atoms with E-state index in [0.29, 0.717) is 4.90 Å². The van der Waals surface area contributed by atoms with Crippen LogP contribution in [-0.4, -0.2) is 47.3 Å². The Morgan fingerprint density at radius 1 is 1.30 bits per heavy atom. The van der Waals surface area contributed by atoms with Crippen molar-refractivity contribution in [3.63, 3.8) is 0 Å². The van der Waals surface area contributed by atoms with Gasteiger partial charge in [0, 0.05) is 6.54 Å². The van der Waals surface area contributed by atoms with Crippen molar-refractivity contribution in [1.29, 1.82) is 0 Å². The summed E-state index contributed by atoms with van der Waals surface area (Å²) in [5.41, 5.74) is -3.38. The lowest BCUT2D eigenvalue weighted by Gasteiger charge is -2.40. The number of nitrogens with one attached hydrogen (secondary N) is 1. The molecule has 1 aliphatic heterocycles. The van der Waals surface area contributed by atoms with Gasteiger partial charge in [0.25, 0.3) is 5.91 Å². The molecule has 1 saturated heterocycles. The van der Waals surface area contributed by atoms with Gasteiger partial charge in [0.15, 0.2) is 5.54 Å². The molecule has 0 aromatic heterocycles. The van der Waals surface area contributed by atoms with Gasteiger partial charge in [-0.3, -0.25) is 9.69 Å². The van der Waals surface area contributed by atoms with Crippen LogP contribution in [0.5, 0.6) is 0 Å². The van der Waals surface area contributed by atoms with Crippen molar-refractivity contribution >= 4 is 12.0 Å². The Balaban J connectivity index is 3.05. The topological polar surface area (TPSA) is 58.6 Å². The summed E-state index contributed by atoms with van der Waals surface area (Å²) >= 11 is 0. The lowest BCUT2D eigenvalue weighted by atomic mass is 9.95. The minimum Gasteiger partial charge on any atom is -0.444 e. The SMILES string of the molecule is CC#CC(=O)NCC1(C(F)(F)F)CCCN1C(=O)OC(C)(C)C. The van der Waals surface area contributed by atoms with Gasteiger partial charge in [-0.1, -0.05) is 5.92 Å². The van der Waals surface area contributed by atoms with Gasteiger partial charge < -0.3 is 10.1 Å². The van der Waals surface area contributed by atoms with E-state index < -0.39 is 35.9 Å². The maximum Gasteiger partial charge on any atom is 0.413 e. The molecule has 0 bridgehead atoms.